The average molecular weight is 373 g/mol. The number of nitrogens with one attached hydrogen (secondary N) is 1. The van der Waals surface area contributed by atoms with Crippen molar-refractivity contribution in [1.29, 1.82) is 0 Å². The number of morpholine rings is 1. The predicted molar refractivity (Wildman–Crippen MR) is 101 cm³/mol. The summed E-state index contributed by atoms with van der Waals surface area (Å²) in [6, 6.07) is 2.70. The highest BCUT2D eigenvalue weighted by atomic mass is 16.5. The molecule has 0 aromatic carbocycles. The maximum atomic E-state index is 12.5. The second kappa shape index (κ2) is 7.77. The Kier molecular flexibility index (Phi) is 5.22. The quantitative estimate of drug-likeness (QED) is 0.819. The fourth-order valence-electron chi connectivity index (χ4n) is 4.04. The van der Waals surface area contributed by atoms with Gasteiger partial charge in [-0.25, -0.2) is 0 Å². The molecule has 146 valence electrons. The molecule has 2 fully saturated rings. The molecule has 0 aliphatic carbocycles. The minimum atomic E-state index is 0.249. The number of likely N-dealkylation sites (tertiary alicyclic amines) is 1. The molecule has 0 unspecified atom stereocenters. The number of nitrogens with zero attached hydrogens (tertiary/aromatic N) is 6. The van der Waals surface area contributed by atoms with Gasteiger partial charge in [0.05, 0.1) is 24.6 Å². The van der Waals surface area contributed by atoms with Crippen LogP contribution in [0.25, 0.3) is 5.65 Å². The van der Waals surface area contributed by atoms with Crippen molar-refractivity contribution in [1.82, 2.24) is 29.6 Å². The van der Waals surface area contributed by atoms with Crippen molar-refractivity contribution >= 4 is 17.2 Å². The van der Waals surface area contributed by atoms with Gasteiger partial charge in [-0.2, -0.15) is 9.61 Å². The van der Waals surface area contributed by atoms with Gasteiger partial charge in [0, 0.05) is 38.1 Å². The molecular formula is C18H27N7O2. The standard InChI is InChI=1S/C18H27N7O2/c1-13-9-16(18-21-20-12-25(18)22-13)19-11-15-4-3-14(23(15)2)10-17(26)24-5-7-27-8-6-24/h9,12,14-15,19H,3-8,10-11H2,1-2H3/t14-,15+/m1/s1. The third-order valence-corrected chi connectivity index (χ3v) is 5.68. The summed E-state index contributed by atoms with van der Waals surface area (Å²) in [6.07, 6.45) is 4.34. The number of carbonyl (C=O) groups excluding carboxylic acids is 1. The minimum absolute atomic E-state index is 0.249. The lowest BCUT2D eigenvalue weighted by atomic mass is 10.1. The van der Waals surface area contributed by atoms with E-state index >= 15 is 0 Å². The van der Waals surface area contributed by atoms with Gasteiger partial charge < -0.3 is 15.0 Å². The summed E-state index contributed by atoms with van der Waals surface area (Å²) >= 11 is 0. The van der Waals surface area contributed by atoms with E-state index < -0.39 is 0 Å². The van der Waals surface area contributed by atoms with Gasteiger partial charge >= 0.3 is 0 Å². The van der Waals surface area contributed by atoms with Crippen LogP contribution in [0.1, 0.15) is 25.0 Å². The van der Waals surface area contributed by atoms with Crippen LogP contribution in [0.15, 0.2) is 12.4 Å². The van der Waals surface area contributed by atoms with Crippen LogP contribution in [0.3, 0.4) is 0 Å². The molecule has 9 heteroatoms. The Balaban J connectivity index is 1.34. The second-order valence-corrected chi connectivity index (χ2v) is 7.43. The van der Waals surface area contributed by atoms with Crippen LogP contribution in [0.2, 0.25) is 0 Å². The Bertz CT molecular complexity index is 802. The summed E-state index contributed by atoms with van der Waals surface area (Å²) in [4.78, 5) is 16.8. The summed E-state index contributed by atoms with van der Waals surface area (Å²) in [5, 5.41) is 16.0. The Hall–Kier alpha value is -2.26. The Morgan fingerprint density at radius 1 is 1.30 bits per heavy atom. The number of ether oxygens (including phenoxy) is 1. The molecule has 0 radical (unpaired) electrons. The van der Waals surface area contributed by atoms with Crippen molar-refractivity contribution in [3.8, 4) is 0 Å². The largest absolute Gasteiger partial charge is 0.380 e. The van der Waals surface area contributed by atoms with Gasteiger partial charge in [-0.05, 0) is 32.9 Å². The van der Waals surface area contributed by atoms with Crippen molar-refractivity contribution in [2.24, 2.45) is 0 Å². The van der Waals surface area contributed by atoms with Crippen LogP contribution in [-0.4, -0.2) is 87.5 Å². The number of aromatic nitrogens is 4. The maximum Gasteiger partial charge on any atom is 0.224 e. The van der Waals surface area contributed by atoms with Gasteiger partial charge in [0.15, 0.2) is 0 Å². The highest BCUT2D eigenvalue weighted by Gasteiger charge is 2.33. The van der Waals surface area contributed by atoms with Gasteiger partial charge in [-0.3, -0.25) is 9.69 Å². The summed E-state index contributed by atoms with van der Waals surface area (Å²) in [5.74, 6) is 0.249. The molecule has 1 amide bonds. The van der Waals surface area contributed by atoms with Gasteiger partial charge in [0.25, 0.3) is 0 Å². The molecule has 2 atom stereocenters. The third-order valence-electron chi connectivity index (χ3n) is 5.68. The SMILES string of the molecule is Cc1cc(NC[C@@H]2CC[C@H](CC(=O)N3CCOCC3)N2C)c2nncn2n1. The van der Waals surface area contributed by atoms with Crippen LogP contribution in [0.5, 0.6) is 0 Å². The molecule has 27 heavy (non-hydrogen) atoms. The number of amides is 1. The first-order valence-corrected chi connectivity index (χ1v) is 9.61. The zero-order valence-corrected chi connectivity index (χ0v) is 16.0. The summed E-state index contributed by atoms with van der Waals surface area (Å²) in [5.41, 5.74) is 2.60. The molecule has 9 nitrogen and oxygen atoms in total. The Morgan fingerprint density at radius 2 is 2.07 bits per heavy atom. The number of carbonyl (C=O) groups is 1. The van der Waals surface area contributed by atoms with Crippen molar-refractivity contribution in [2.45, 2.75) is 38.3 Å². The number of rotatable bonds is 5. The average Bonchev–Trinajstić information content (AvgIpc) is 3.28. The second-order valence-electron chi connectivity index (χ2n) is 7.43. The summed E-state index contributed by atoms with van der Waals surface area (Å²) in [6.45, 7) is 5.51. The molecule has 1 N–H and O–H groups in total. The van der Waals surface area contributed by atoms with E-state index in [4.69, 9.17) is 4.74 Å². The Morgan fingerprint density at radius 3 is 2.89 bits per heavy atom. The molecular weight excluding hydrogens is 346 g/mol. The molecule has 0 bridgehead atoms. The molecule has 2 aromatic heterocycles. The lowest BCUT2D eigenvalue weighted by molar-refractivity contribution is -0.136. The van der Waals surface area contributed by atoms with Crippen LogP contribution in [-0.2, 0) is 9.53 Å². The van der Waals surface area contributed by atoms with Crippen molar-refractivity contribution in [2.75, 3.05) is 45.2 Å². The summed E-state index contributed by atoms with van der Waals surface area (Å²) in [7, 11) is 2.13. The van der Waals surface area contributed by atoms with Crippen LogP contribution < -0.4 is 5.32 Å². The fourth-order valence-corrected chi connectivity index (χ4v) is 4.04. The lowest BCUT2D eigenvalue weighted by Crippen LogP contribution is -2.44. The van der Waals surface area contributed by atoms with Crippen molar-refractivity contribution < 1.29 is 9.53 Å². The molecule has 0 saturated carbocycles. The van der Waals surface area contributed by atoms with E-state index in [-0.39, 0.29) is 5.91 Å². The number of hydrogen-bond donors (Lipinski definition) is 1. The van der Waals surface area contributed by atoms with E-state index in [0.29, 0.717) is 31.7 Å². The fraction of sp³-hybridized carbons (Fsp3) is 0.667. The first kappa shape index (κ1) is 18.1. The van der Waals surface area contributed by atoms with Gasteiger partial charge in [0.1, 0.15) is 6.33 Å². The van der Waals surface area contributed by atoms with E-state index in [9.17, 15) is 4.79 Å². The Labute approximate surface area is 158 Å². The first-order valence-electron chi connectivity index (χ1n) is 9.61. The number of aryl methyl sites for hydroxylation is 1. The first-order chi connectivity index (χ1) is 13.1. The topological polar surface area (TPSA) is 87.9 Å². The van der Waals surface area contributed by atoms with E-state index in [1.807, 2.05) is 17.9 Å². The number of anilines is 1. The minimum Gasteiger partial charge on any atom is -0.380 e. The van der Waals surface area contributed by atoms with E-state index in [2.05, 4.69) is 32.6 Å². The highest BCUT2D eigenvalue weighted by Crippen LogP contribution is 2.26. The molecule has 2 saturated heterocycles. The summed E-state index contributed by atoms with van der Waals surface area (Å²) < 4.78 is 7.03. The number of hydrogen-bond acceptors (Lipinski definition) is 7. The normalized spacial score (nSPS) is 23.9. The van der Waals surface area contributed by atoms with Crippen LogP contribution in [0.4, 0.5) is 5.69 Å². The van der Waals surface area contributed by atoms with Gasteiger partial charge in [-0.1, -0.05) is 0 Å². The zero-order valence-electron chi connectivity index (χ0n) is 16.0. The van der Waals surface area contributed by atoms with Gasteiger partial charge in [0.2, 0.25) is 11.6 Å². The molecule has 4 rings (SSSR count). The van der Waals surface area contributed by atoms with E-state index in [1.165, 1.54) is 0 Å². The molecule has 2 aromatic rings. The van der Waals surface area contributed by atoms with Crippen LogP contribution in [0, 0.1) is 6.92 Å². The maximum absolute atomic E-state index is 12.5. The molecule has 4 heterocycles. The van der Waals surface area contributed by atoms with Crippen molar-refractivity contribution in [3.05, 3.63) is 18.1 Å². The predicted octanol–water partition coefficient (Wildman–Crippen LogP) is 0.556. The number of likely N-dealkylation sites (N-methyl/N-ethyl adjacent to an activating group) is 1. The zero-order chi connectivity index (χ0) is 18.8. The monoisotopic (exact) mass is 373 g/mol. The van der Waals surface area contributed by atoms with Gasteiger partial charge in [-0.15, -0.1) is 10.2 Å². The van der Waals surface area contributed by atoms with E-state index in [1.54, 1.807) is 10.8 Å². The molecule has 2 aliphatic heterocycles. The highest BCUT2D eigenvalue weighted by molar-refractivity contribution is 5.77. The number of fused-ring (bicyclic) bond motifs is 1. The smallest absolute Gasteiger partial charge is 0.224 e. The molecule has 0 spiro atoms. The van der Waals surface area contributed by atoms with Crippen LogP contribution >= 0.6 is 0 Å². The van der Waals surface area contributed by atoms with E-state index in [0.717, 1.165) is 49.5 Å². The van der Waals surface area contributed by atoms with Crippen molar-refractivity contribution in [3.63, 3.8) is 0 Å². The molecule has 2 aliphatic rings. The lowest BCUT2D eigenvalue weighted by Gasteiger charge is -2.30. The third kappa shape index (κ3) is 3.89.